The van der Waals surface area contributed by atoms with Crippen LogP contribution in [0.15, 0.2) is 49.1 Å². The predicted octanol–water partition coefficient (Wildman–Crippen LogP) is 4.97. The van der Waals surface area contributed by atoms with Crippen LogP contribution < -0.4 is 0 Å². The zero-order chi connectivity index (χ0) is 41.7. The quantitative estimate of drug-likeness (QED) is 0.112. The Bertz CT molecular complexity index is 1570. The molecule has 1 aromatic carbocycles. The van der Waals surface area contributed by atoms with Crippen LogP contribution in [-0.2, 0) is 55.7 Å². The highest BCUT2D eigenvalue weighted by Crippen LogP contribution is 2.18. The second-order valence-electron chi connectivity index (χ2n) is 14.9. The summed E-state index contributed by atoms with van der Waals surface area (Å²) in [5.74, 6) is 1.42. The van der Waals surface area contributed by atoms with E-state index in [1.165, 1.54) is 12.8 Å². The summed E-state index contributed by atoms with van der Waals surface area (Å²) in [6.45, 7) is 10.3. The van der Waals surface area contributed by atoms with Crippen LogP contribution >= 0.6 is 22.6 Å². The summed E-state index contributed by atoms with van der Waals surface area (Å²) in [7, 11) is 0. The Morgan fingerprint density at radius 3 is 1.69 bits per heavy atom. The second-order valence-corrected chi connectivity index (χ2v) is 16.2. The van der Waals surface area contributed by atoms with E-state index in [9.17, 15) is 9.90 Å². The molecule has 59 heavy (non-hydrogen) atoms. The number of nitrogens with zero attached hydrogens (tertiary/aromatic N) is 4. The summed E-state index contributed by atoms with van der Waals surface area (Å²) in [4.78, 5) is 20.8. The standard InChI is InChI=1S/C19H23IN2O4.C12H20N2O3.C8H14O3.C3H6O2/c1-14-21-9-10-22(14)12-17(13-25-18-4-2-3-11-24-18)26-19(23)15-5-7-16(20)8-6-15;1-10-13-5-6-14(10)8-11(15)9-17-12-4-2-3-7-16-12;1-2-4-9-8(3-1)11-6-7-5-10-7;4-1-3-2-5-3/h5-10,17-18H,2-4,11-13H2,1H3;5-6,11-12,15H,2-4,7-9H2,1H3;7-8H,1-6H2;3-4H,1-2H2/t17-,18?;11-,12?;7-,8?;3-/m1110/s1. The number of carbonyl (C=O) groups excluding carboxylic acids is 1. The lowest BCUT2D eigenvalue weighted by Crippen LogP contribution is -2.32. The maximum atomic E-state index is 12.5. The molecule has 5 aliphatic heterocycles. The molecule has 0 saturated carbocycles. The number of aromatic nitrogens is 4. The van der Waals surface area contributed by atoms with Gasteiger partial charge in [0, 0.05) is 48.2 Å². The van der Waals surface area contributed by atoms with Crippen LogP contribution in [0.5, 0.6) is 0 Å². The number of halogens is 1. The molecular weight excluding hydrogens is 879 g/mol. The van der Waals surface area contributed by atoms with E-state index in [2.05, 4.69) is 37.3 Å². The number of hydrogen-bond acceptors (Lipinski definition) is 14. The maximum absolute atomic E-state index is 12.5. The molecule has 3 unspecified atom stereocenters. The molecule has 5 saturated heterocycles. The zero-order valence-electron chi connectivity index (χ0n) is 34.4. The van der Waals surface area contributed by atoms with Crippen LogP contribution in [0.3, 0.4) is 0 Å². The molecule has 5 fully saturated rings. The van der Waals surface area contributed by atoms with E-state index in [4.69, 9.17) is 43.0 Å². The number of aryl methyl sites for hydroxylation is 2. The Morgan fingerprint density at radius 1 is 0.746 bits per heavy atom. The first kappa shape index (κ1) is 47.5. The van der Waals surface area contributed by atoms with E-state index >= 15 is 0 Å². The number of benzene rings is 1. The van der Waals surface area contributed by atoms with Crippen LogP contribution in [0.4, 0.5) is 0 Å². The summed E-state index contributed by atoms with van der Waals surface area (Å²) < 4.78 is 53.6. The lowest BCUT2D eigenvalue weighted by molar-refractivity contribution is -0.176. The monoisotopic (exact) mass is 942 g/mol. The van der Waals surface area contributed by atoms with Crippen LogP contribution in [0.2, 0.25) is 0 Å². The molecule has 330 valence electrons. The molecule has 5 aliphatic rings. The van der Waals surface area contributed by atoms with Gasteiger partial charge in [-0.05, 0) is 118 Å². The Balaban J connectivity index is 0.000000170. The van der Waals surface area contributed by atoms with Crippen LogP contribution in [-0.4, -0.2) is 138 Å². The van der Waals surface area contributed by atoms with E-state index < -0.39 is 12.2 Å². The van der Waals surface area contributed by atoms with Crippen LogP contribution in [0, 0.1) is 17.4 Å². The fraction of sp³-hybridized carbons (Fsp3) is 0.690. The average molecular weight is 943 g/mol. The summed E-state index contributed by atoms with van der Waals surface area (Å²) in [5, 5.41) is 17.9. The highest BCUT2D eigenvalue weighted by molar-refractivity contribution is 14.1. The smallest absolute Gasteiger partial charge is 0.338 e. The van der Waals surface area contributed by atoms with Crippen molar-refractivity contribution in [1.29, 1.82) is 0 Å². The molecule has 0 bridgehead atoms. The van der Waals surface area contributed by atoms with Crippen molar-refractivity contribution in [1.82, 2.24) is 19.1 Å². The van der Waals surface area contributed by atoms with Crippen molar-refractivity contribution in [3.63, 3.8) is 0 Å². The first-order valence-corrected chi connectivity index (χ1v) is 22.0. The van der Waals surface area contributed by atoms with Crippen LogP contribution in [0.25, 0.3) is 0 Å². The number of rotatable bonds is 16. The molecule has 0 radical (unpaired) electrons. The largest absolute Gasteiger partial charge is 0.454 e. The minimum absolute atomic E-state index is 0.0490. The van der Waals surface area contributed by atoms with E-state index in [1.54, 1.807) is 24.5 Å². The molecule has 17 heteroatoms. The highest BCUT2D eigenvalue weighted by Gasteiger charge is 2.25. The molecule has 16 nitrogen and oxygen atoms in total. The molecule has 7 atom stereocenters. The Hall–Kier alpha value is -2.56. The number of aliphatic hydroxyl groups is 2. The second kappa shape index (κ2) is 26.7. The topological polar surface area (TPSA) is 183 Å². The predicted molar refractivity (Wildman–Crippen MR) is 223 cm³/mol. The van der Waals surface area contributed by atoms with Crippen molar-refractivity contribution in [3.05, 3.63) is 69.8 Å². The van der Waals surface area contributed by atoms with Gasteiger partial charge in [-0.15, -0.1) is 0 Å². The first-order chi connectivity index (χ1) is 28.7. The van der Waals surface area contributed by atoms with Crippen molar-refractivity contribution in [2.45, 2.75) is 128 Å². The van der Waals surface area contributed by atoms with Crippen molar-refractivity contribution in [3.8, 4) is 0 Å². The highest BCUT2D eigenvalue weighted by atomic mass is 127. The minimum atomic E-state index is -0.520. The van der Waals surface area contributed by atoms with E-state index in [0.717, 1.165) is 93.2 Å². The fourth-order valence-electron chi connectivity index (χ4n) is 6.14. The fourth-order valence-corrected chi connectivity index (χ4v) is 6.49. The summed E-state index contributed by atoms with van der Waals surface area (Å²) in [5.41, 5.74) is 0.534. The molecule has 2 N–H and O–H groups in total. The van der Waals surface area contributed by atoms with Gasteiger partial charge in [-0.1, -0.05) is 0 Å². The van der Waals surface area contributed by atoms with Crippen molar-refractivity contribution in [2.24, 2.45) is 0 Å². The third-order valence-electron chi connectivity index (χ3n) is 9.84. The van der Waals surface area contributed by atoms with Gasteiger partial charge in [0.25, 0.3) is 0 Å². The van der Waals surface area contributed by atoms with Gasteiger partial charge < -0.3 is 62.0 Å². The van der Waals surface area contributed by atoms with Crippen molar-refractivity contribution >= 4 is 28.6 Å². The Kier molecular flexibility index (Phi) is 21.5. The summed E-state index contributed by atoms with van der Waals surface area (Å²) in [6.07, 6.45) is 16.2. The summed E-state index contributed by atoms with van der Waals surface area (Å²) in [6, 6.07) is 7.32. The van der Waals surface area contributed by atoms with Gasteiger partial charge in [0.15, 0.2) is 18.9 Å². The molecular formula is C42H63IN4O12. The Labute approximate surface area is 361 Å². The normalized spacial score (nSPS) is 24.5. The van der Waals surface area contributed by atoms with E-state index in [0.29, 0.717) is 44.6 Å². The molecule has 2 aromatic heterocycles. The van der Waals surface area contributed by atoms with Gasteiger partial charge in [-0.2, -0.15) is 0 Å². The maximum Gasteiger partial charge on any atom is 0.338 e. The van der Waals surface area contributed by atoms with Crippen molar-refractivity contribution < 1.29 is 57.6 Å². The molecule has 0 aliphatic carbocycles. The number of epoxide rings is 2. The zero-order valence-corrected chi connectivity index (χ0v) is 36.6. The number of imidazole rings is 2. The molecule has 7 heterocycles. The number of carbonyl (C=O) groups is 1. The average Bonchev–Trinajstić information content (AvgIpc) is 4.21. The lowest BCUT2D eigenvalue weighted by atomic mass is 10.2. The third kappa shape index (κ3) is 19.4. The lowest BCUT2D eigenvalue weighted by Gasteiger charge is -2.26. The van der Waals surface area contributed by atoms with Crippen molar-refractivity contribution in [2.75, 3.05) is 59.5 Å². The SMILES string of the molecule is C1CCC(OC[C@H]2CO2)OC1.Cc1nccn1C[C@@H](O)COC1CCCCO1.Cc1nccn1C[C@H](COC1CCCCO1)OC(=O)c1ccc(I)cc1.OC[C@H]1CO1. The van der Waals surface area contributed by atoms with Gasteiger partial charge in [0.2, 0.25) is 0 Å². The van der Waals surface area contributed by atoms with Gasteiger partial charge in [0.05, 0.1) is 64.4 Å². The molecule has 0 spiro atoms. The van der Waals surface area contributed by atoms with E-state index in [1.807, 2.05) is 47.5 Å². The first-order valence-electron chi connectivity index (χ1n) is 20.9. The van der Waals surface area contributed by atoms with Gasteiger partial charge in [-0.3, -0.25) is 0 Å². The minimum Gasteiger partial charge on any atom is -0.454 e. The Morgan fingerprint density at radius 2 is 1.25 bits per heavy atom. The molecule has 8 rings (SSSR count). The van der Waals surface area contributed by atoms with Gasteiger partial charge in [-0.25, -0.2) is 14.8 Å². The van der Waals surface area contributed by atoms with Crippen LogP contribution in [0.1, 0.15) is 79.8 Å². The molecule has 3 aromatic rings. The third-order valence-corrected chi connectivity index (χ3v) is 10.6. The number of hydrogen-bond donors (Lipinski definition) is 2. The number of aliphatic hydroxyl groups excluding tert-OH is 2. The van der Waals surface area contributed by atoms with E-state index in [-0.39, 0.29) is 37.6 Å². The van der Waals surface area contributed by atoms with Gasteiger partial charge >= 0.3 is 5.97 Å². The number of ether oxygens (including phenoxy) is 9. The number of esters is 1. The molecule has 0 amide bonds. The van der Waals surface area contributed by atoms with Gasteiger partial charge in [0.1, 0.15) is 30.0 Å². The summed E-state index contributed by atoms with van der Waals surface area (Å²) >= 11 is 2.20.